The third-order valence-electron chi connectivity index (χ3n) is 4.92. The summed E-state index contributed by atoms with van der Waals surface area (Å²) in [5.74, 6) is 0. The molecule has 134 valence electrons. The number of halogens is 3. The van der Waals surface area contributed by atoms with E-state index in [0.717, 1.165) is 35.3 Å². The highest BCUT2D eigenvalue weighted by Crippen LogP contribution is 2.36. The number of likely N-dealkylation sites (N-methyl/N-ethyl adjacent to an activating group) is 1. The minimum atomic E-state index is -4.33. The second-order valence-corrected chi connectivity index (χ2v) is 6.74. The SMILES string of the molecule is CN1CCc2c(c3cc(C(F)(F)F)ccc3n2/C=C/c2ccccc2)C1. The predicted octanol–water partition coefficient (Wildman–Crippen LogP) is 5.28. The van der Waals surface area contributed by atoms with E-state index in [2.05, 4.69) is 4.90 Å². The predicted molar refractivity (Wildman–Crippen MR) is 98.6 cm³/mol. The maximum absolute atomic E-state index is 13.2. The molecule has 5 heteroatoms. The number of benzene rings is 2. The van der Waals surface area contributed by atoms with Crippen LogP contribution in [0.2, 0.25) is 0 Å². The highest BCUT2D eigenvalue weighted by atomic mass is 19.4. The van der Waals surface area contributed by atoms with Crippen molar-refractivity contribution in [2.24, 2.45) is 0 Å². The molecule has 0 bridgehead atoms. The largest absolute Gasteiger partial charge is 0.416 e. The van der Waals surface area contributed by atoms with Crippen LogP contribution < -0.4 is 0 Å². The molecule has 1 aliphatic rings. The fourth-order valence-corrected chi connectivity index (χ4v) is 3.60. The highest BCUT2D eigenvalue weighted by molar-refractivity contribution is 5.89. The Bertz CT molecular complexity index is 968. The zero-order chi connectivity index (χ0) is 18.3. The van der Waals surface area contributed by atoms with Gasteiger partial charge in [-0.25, -0.2) is 0 Å². The number of nitrogens with zero attached hydrogens (tertiary/aromatic N) is 2. The third-order valence-corrected chi connectivity index (χ3v) is 4.92. The molecule has 0 fully saturated rings. The molecule has 2 heterocycles. The Kier molecular flexibility index (Phi) is 4.11. The van der Waals surface area contributed by atoms with E-state index in [4.69, 9.17) is 0 Å². The number of rotatable bonds is 2. The molecule has 2 aromatic carbocycles. The molecule has 26 heavy (non-hydrogen) atoms. The average Bonchev–Trinajstić information content (AvgIpc) is 2.92. The lowest BCUT2D eigenvalue weighted by Crippen LogP contribution is -2.26. The summed E-state index contributed by atoms with van der Waals surface area (Å²) in [5, 5.41) is 0.694. The molecule has 0 saturated carbocycles. The molecular weight excluding hydrogens is 337 g/mol. The minimum Gasteiger partial charge on any atom is -0.320 e. The normalized spacial score (nSPS) is 15.7. The Morgan fingerprint density at radius 2 is 1.81 bits per heavy atom. The number of aromatic nitrogens is 1. The topological polar surface area (TPSA) is 8.17 Å². The van der Waals surface area contributed by atoms with Crippen molar-refractivity contribution < 1.29 is 13.2 Å². The van der Waals surface area contributed by atoms with Crippen LogP contribution in [0.25, 0.3) is 23.2 Å². The summed E-state index contributed by atoms with van der Waals surface area (Å²) in [5.41, 5.74) is 3.39. The van der Waals surface area contributed by atoms with E-state index in [0.29, 0.717) is 11.9 Å². The Balaban J connectivity index is 1.88. The van der Waals surface area contributed by atoms with E-state index in [1.54, 1.807) is 6.07 Å². The van der Waals surface area contributed by atoms with Crippen molar-refractivity contribution in [1.29, 1.82) is 0 Å². The van der Waals surface area contributed by atoms with Gasteiger partial charge in [0.1, 0.15) is 0 Å². The fourth-order valence-electron chi connectivity index (χ4n) is 3.60. The van der Waals surface area contributed by atoms with Gasteiger partial charge in [-0.05, 0) is 42.4 Å². The summed E-state index contributed by atoms with van der Waals surface area (Å²) in [6, 6.07) is 13.9. The summed E-state index contributed by atoms with van der Waals surface area (Å²) in [7, 11) is 2.00. The van der Waals surface area contributed by atoms with Crippen molar-refractivity contribution >= 4 is 23.2 Å². The lowest BCUT2D eigenvalue weighted by atomic mass is 10.0. The Labute approximate surface area is 150 Å². The molecule has 2 nitrogen and oxygen atoms in total. The van der Waals surface area contributed by atoms with E-state index in [1.165, 1.54) is 12.1 Å². The van der Waals surface area contributed by atoms with Crippen molar-refractivity contribution in [3.8, 4) is 0 Å². The number of fused-ring (bicyclic) bond motifs is 3. The summed E-state index contributed by atoms with van der Waals surface area (Å²) in [6.07, 6.45) is 0.454. The van der Waals surface area contributed by atoms with Crippen LogP contribution in [0.4, 0.5) is 13.2 Å². The quantitative estimate of drug-likeness (QED) is 0.607. The number of hydrogen-bond acceptors (Lipinski definition) is 1. The van der Waals surface area contributed by atoms with Gasteiger partial charge in [0.15, 0.2) is 0 Å². The lowest BCUT2D eigenvalue weighted by Gasteiger charge is -2.23. The Morgan fingerprint density at radius 3 is 2.54 bits per heavy atom. The van der Waals surface area contributed by atoms with Crippen LogP contribution in [0.3, 0.4) is 0 Å². The van der Waals surface area contributed by atoms with Crippen molar-refractivity contribution in [2.75, 3.05) is 13.6 Å². The zero-order valence-corrected chi connectivity index (χ0v) is 14.4. The van der Waals surface area contributed by atoms with Crippen LogP contribution in [0.1, 0.15) is 22.4 Å². The molecule has 0 unspecified atom stereocenters. The molecule has 0 saturated heterocycles. The minimum absolute atomic E-state index is 0.592. The van der Waals surface area contributed by atoms with Crippen LogP contribution in [0.5, 0.6) is 0 Å². The molecule has 1 aliphatic heterocycles. The zero-order valence-electron chi connectivity index (χ0n) is 14.4. The molecule has 1 aromatic heterocycles. The van der Waals surface area contributed by atoms with E-state index in [1.807, 2.05) is 54.2 Å². The monoisotopic (exact) mass is 356 g/mol. The first kappa shape index (κ1) is 16.9. The third kappa shape index (κ3) is 3.03. The van der Waals surface area contributed by atoms with Gasteiger partial charge >= 0.3 is 6.18 Å². The maximum Gasteiger partial charge on any atom is 0.416 e. The van der Waals surface area contributed by atoms with E-state index < -0.39 is 11.7 Å². The van der Waals surface area contributed by atoms with Crippen LogP contribution in [-0.2, 0) is 19.1 Å². The molecular formula is C21H19F3N2. The van der Waals surface area contributed by atoms with Crippen molar-refractivity contribution in [3.05, 3.63) is 70.9 Å². The molecule has 0 aliphatic carbocycles. The number of alkyl halides is 3. The van der Waals surface area contributed by atoms with Gasteiger partial charge in [0.05, 0.1) is 11.1 Å². The van der Waals surface area contributed by atoms with E-state index >= 15 is 0 Å². The summed E-state index contributed by atoms with van der Waals surface area (Å²) < 4.78 is 41.6. The van der Waals surface area contributed by atoms with E-state index in [9.17, 15) is 13.2 Å². The Hall–Kier alpha value is -2.53. The molecule has 0 spiro atoms. The first-order chi connectivity index (χ1) is 12.4. The second kappa shape index (κ2) is 6.32. The molecule has 0 N–H and O–H groups in total. The molecule has 3 aromatic rings. The van der Waals surface area contributed by atoms with Gasteiger partial charge in [-0.3, -0.25) is 0 Å². The van der Waals surface area contributed by atoms with Gasteiger partial charge in [0.25, 0.3) is 0 Å². The molecule has 0 radical (unpaired) electrons. The lowest BCUT2D eigenvalue weighted by molar-refractivity contribution is -0.137. The van der Waals surface area contributed by atoms with E-state index in [-0.39, 0.29) is 0 Å². The summed E-state index contributed by atoms with van der Waals surface area (Å²) in [6.45, 7) is 1.56. The van der Waals surface area contributed by atoms with Gasteiger partial charge < -0.3 is 9.47 Å². The van der Waals surface area contributed by atoms with Crippen molar-refractivity contribution in [3.63, 3.8) is 0 Å². The first-order valence-corrected chi connectivity index (χ1v) is 8.58. The molecule has 0 atom stereocenters. The van der Waals surface area contributed by atoms with Gasteiger partial charge in [0, 0.05) is 36.8 Å². The average molecular weight is 356 g/mol. The highest BCUT2D eigenvalue weighted by Gasteiger charge is 2.32. The van der Waals surface area contributed by atoms with Gasteiger partial charge in [-0.2, -0.15) is 13.2 Å². The standard InChI is InChI=1S/C21H19F3N2/c1-25-11-10-20-18(14-25)17-13-16(21(22,23)24)7-8-19(17)26(20)12-9-15-5-3-2-4-6-15/h2-9,12-13H,10-11,14H2,1H3/b12-9+. The molecule has 4 rings (SSSR count). The smallest absolute Gasteiger partial charge is 0.320 e. The first-order valence-electron chi connectivity index (χ1n) is 8.58. The number of hydrogen-bond donors (Lipinski definition) is 0. The van der Waals surface area contributed by atoms with Crippen molar-refractivity contribution in [2.45, 2.75) is 19.1 Å². The Morgan fingerprint density at radius 1 is 1.04 bits per heavy atom. The van der Waals surface area contributed by atoms with Crippen LogP contribution in [0.15, 0.2) is 48.5 Å². The van der Waals surface area contributed by atoms with Gasteiger partial charge in [0.2, 0.25) is 0 Å². The van der Waals surface area contributed by atoms with Crippen molar-refractivity contribution in [1.82, 2.24) is 9.47 Å². The summed E-state index contributed by atoms with van der Waals surface area (Å²) >= 11 is 0. The maximum atomic E-state index is 13.2. The van der Waals surface area contributed by atoms with Gasteiger partial charge in [-0.15, -0.1) is 0 Å². The summed E-state index contributed by atoms with van der Waals surface area (Å²) in [4.78, 5) is 2.15. The van der Waals surface area contributed by atoms with Crippen LogP contribution in [0, 0.1) is 0 Å². The fraction of sp³-hybridized carbons (Fsp3) is 0.238. The van der Waals surface area contributed by atoms with Crippen LogP contribution in [-0.4, -0.2) is 23.1 Å². The second-order valence-electron chi connectivity index (χ2n) is 6.74. The molecule has 0 amide bonds. The van der Waals surface area contributed by atoms with Gasteiger partial charge in [-0.1, -0.05) is 30.3 Å². The van der Waals surface area contributed by atoms with Crippen LogP contribution >= 0.6 is 0 Å².